The number of H-pyrrole nitrogens is 1. The first kappa shape index (κ1) is 30.7. The second-order valence-corrected chi connectivity index (χ2v) is 12.9. The van der Waals surface area contributed by atoms with Crippen molar-refractivity contribution >= 4 is 35.4 Å². The number of aromatic amines is 1. The van der Waals surface area contributed by atoms with Crippen LogP contribution in [0.15, 0.2) is 57.2 Å². The lowest BCUT2D eigenvalue weighted by atomic mass is 10.1. The Kier molecular flexibility index (Phi) is 8.55. The van der Waals surface area contributed by atoms with E-state index in [1.807, 2.05) is 0 Å². The van der Waals surface area contributed by atoms with Crippen LogP contribution in [0.1, 0.15) is 18.9 Å². The Balaban J connectivity index is 1.13. The molecule has 4 aromatic rings. The van der Waals surface area contributed by atoms with E-state index in [1.165, 1.54) is 32.1 Å². The summed E-state index contributed by atoms with van der Waals surface area (Å²) >= 11 is 5.22. The number of anilines is 1. The van der Waals surface area contributed by atoms with Gasteiger partial charge < -0.3 is 48.5 Å². The van der Waals surface area contributed by atoms with Crippen LogP contribution in [0.4, 0.5) is 5.69 Å². The number of methoxy groups -OCH3 is 1. The van der Waals surface area contributed by atoms with Crippen molar-refractivity contribution in [3.63, 3.8) is 0 Å². The van der Waals surface area contributed by atoms with E-state index in [0.717, 1.165) is 4.57 Å². The van der Waals surface area contributed by atoms with E-state index in [2.05, 4.69) is 15.0 Å². The lowest BCUT2D eigenvalue weighted by Gasteiger charge is -2.24. The highest BCUT2D eigenvalue weighted by Crippen LogP contribution is 2.49. The number of furan rings is 1. The highest BCUT2D eigenvalue weighted by molar-refractivity contribution is 8.07. The molecule has 6 rings (SSSR count). The molecule has 0 radical (unpaired) electrons. The van der Waals surface area contributed by atoms with Crippen molar-refractivity contribution in [1.29, 1.82) is 0 Å². The van der Waals surface area contributed by atoms with E-state index < -0.39 is 67.6 Å². The molecule has 0 saturated carbocycles. The SMILES string of the molecule is CO[C@H]1C(O)[C@@H](COP(O)(=S)OC2C[C@H](n3cc(-c4ccco4)c(=O)[nH]c3=O)O[C@@H]2CO)O[C@H]1n1cnc2c(N)ccnc21. The van der Waals surface area contributed by atoms with Gasteiger partial charge >= 0.3 is 12.4 Å². The Morgan fingerprint density at radius 3 is 2.77 bits per heavy atom. The molecule has 2 aliphatic heterocycles. The fourth-order valence-electron chi connectivity index (χ4n) is 5.30. The van der Waals surface area contributed by atoms with Crippen LogP contribution in [0.25, 0.3) is 22.5 Å². The van der Waals surface area contributed by atoms with E-state index in [9.17, 15) is 24.7 Å². The molecule has 3 unspecified atom stereocenters. The van der Waals surface area contributed by atoms with Gasteiger partial charge in [0.15, 0.2) is 11.9 Å². The van der Waals surface area contributed by atoms with Crippen LogP contribution >= 0.6 is 6.72 Å². The molecule has 0 aliphatic carbocycles. The van der Waals surface area contributed by atoms with Crippen molar-refractivity contribution in [3.05, 3.63) is 64.0 Å². The normalized spacial score (nSPS) is 28.5. The van der Waals surface area contributed by atoms with E-state index in [4.69, 9.17) is 45.2 Å². The lowest BCUT2D eigenvalue weighted by molar-refractivity contribution is -0.0599. The smallest absolute Gasteiger partial charge is 0.330 e. The van der Waals surface area contributed by atoms with Crippen LogP contribution in [-0.4, -0.2) is 90.0 Å². The molecule has 8 atom stereocenters. The fourth-order valence-corrected chi connectivity index (χ4v) is 6.77. The zero-order chi connectivity index (χ0) is 31.2. The summed E-state index contributed by atoms with van der Waals surface area (Å²) in [5.41, 5.74) is 5.96. The van der Waals surface area contributed by atoms with Gasteiger partial charge in [0, 0.05) is 25.9 Å². The van der Waals surface area contributed by atoms with Gasteiger partial charge in [0.05, 0.1) is 43.2 Å². The second kappa shape index (κ2) is 12.2. The van der Waals surface area contributed by atoms with Crippen molar-refractivity contribution in [1.82, 2.24) is 24.1 Å². The number of rotatable bonds is 10. The van der Waals surface area contributed by atoms with Gasteiger partial charge in [0.2, 0.25) is 0 Å². The van der Waals surface area contributed by atoms with Crippen molar-refractivity contribution in [2.75, 3.05) is 26.1 Å². The maximum atomic E-state index is 12.6. The molecule has 236 valence electrons. The van der Waals surface area contributed by atoms with E-state index in [1.54, 1.807) is 22.8 Å². The fraction of sp³-hybridized carbons (Fsp3) is 0.440. The lowest BCUT2D eigenvalue weighted by Crippen LogP contribution is -2.35. The first-order chi connectivity index (χ1) is 21.1. The number of aliphatic hydroxyl groups excluding tert-OH is 2. The van der Waals surface area contributed by atoms with Gasteiger partial charge in [0.25, 0.3) is 5.56 Å². The third-order valence-electron chi connectivity index (χ3n) is 7.45. The minimum atomic E-state index is -4.01. The van der Waals surface area contributed by atoms with Crippen LogP contribution in [-0.2, 0) is 35.1 Å². The summed E-state index contributed by atoms with van der Waals surface area (Å²) in [5.74, 6) is 0.236. The number of nitrogens with one attached hydrogen (secondary N) is 1. The van der Waals surface area contributed by atoms with Crippen LogP contribution in [0.2, 0.25) is 0 Å². The molecule has 0 bridgehead atoms. The van der Waals surface area contributed by atoms with Gasteiger partial charge in [-0.1, -0.05) is 0 Å². The summed E-state index contributed by atoms with van der Waals surface area (Å²) in [4.78, 5) is 46.6. The molecule has 44 heavy (non-hydrogen) atoms. The quantitative estimate of drug-likeness (QED) is 0.142. The van der Waals surface area contributed by atoms with Gasteiger partial charge in [-0.3, -0.25) is 18.9 Å². The molecule has 2 fully saturated rings. The second-order valence-electron chi connectivity index (χ2n) is 10.1. The molecule has 0 aromatic carbocycles. The summed E-state index contributed by atoms with van der Waals surface area (Å²) in [5, 5.41) is 20.9. The number of pyridine rings is 1. The van der Waals surface area contributed by atoms with Gasteiger partial charge in [-0.05, 0) is 30.0 Å². The molecule has 0 amide bonds. The highest BCUT2D eigenvalue weighted by Gasteiger charge is 2.47. The molecule has 6 heterocycles. The number of imidazole rings is 1. The number of hydrogen-bond acceptors (Lipinski definition) is 14. The predicted octanol–water partition coefficient (Wildman–Crippen LogP) is -0.00460. The maximum Gasteiger partial charge on any atom is 0.330 e. The molecule has 4 aromatic heterocycles. The Bertz CT molecular complexity index is 1790. The van der Waals surface area contributed by atoms with Crippen LogP contribution in [0.5, 0.6) is 0 Å². The summed E-state index contributed by atoms with van der Waals surface area (Å²) in [6, 6.07) is 4.76. The number of fused-ring (bicyclic) bond motifs is 1. The molecular weight excluding hydrogens is 623 g/mol. The topological polar surface area (TPSA) is 232 Å². The number of nitrogens with zero attached hydrogens (tertiary/aromatic N) is 4. The first-order valence-electron chi connectivity index (χ1n) is 13.3. The van der Waals surface area contributed by atoms with Gasteiger partial charge in [-0.2, -0.15) is 0 Å². The third kappa shape index (κ3) is 5.77. The zero-order valence-corrected chi connectivity index (χ0v) is 24.7. The van der Waals surface area contributed by atoms with Gasteiger partial charge in [-0.25, -0.2) is 14.8 Å². The number of hydrogen-bond donors (Lipinski definition) is 5. The monoisotopic (exact) mass is 652 g/mol. The molecule has 17 nitrogen and oxygen atoms in total. The Hall–Kier alpha value is -3.29. The first-order valence-corrected chi connectivity index (χ1v) is 15.9. The summed E-state index contributed by atoms with van der Waals surface area (Å²) in [7, 11) is 1.41. The number of aromatic nitrogens is 5. The average molecular weight is 653 g/mol. The molecule has 19 heteroatoms. The molecule has 6 N–H and O–H groups in total. The largest absolute Gasteiger partial charge is 0.464 e. The summed E-state index contributed by atoms with van der Waals surface area (Å²) in [6.07, 6.45) is -1.25. The number of ether oxygens (including phenoxy) is 3. The minimum absolute atomic E-state index is 0.0305. The van der Waals surface area contributed by atoms with E-state index in [-0.39, 0.29) is 24.4 Å². The average Bonchev–Trinajstić information content (AvgIpc) is 3.78. The van der Waals surface area contributed by atoms with Gasteiger partial charge in [-0.15, -0.1) is 0 Å². The zero-order valence-electron chi connectivity index (χ0n) is 23.0. The molecule has 2 aliphatic rings. The third-order valence-corrected chi connectivity index (χ3v) is 9.03. The Labute approximate surface area is 253 Å². The summed E-state index contributed by atoms with van der Waals surface area (Å²) < 4.78 is 36.5. The van der Waals surface area contributed by atoms with E-state index >= 15 is 0 Å². The van der Waals surface area contributed by atoms with Crippen LogP contribution < -0.4 is 17.0 Å². The number of aliphatic hydroxyl groups is 2. The highest BCUT2D eigenvalue weighted by atomic mass is 32.5. The van der Waals surface area contributed by atoms with Crippen molar-refractivity contribution < 1.29 is 42.8 Å². The molecular formula is C25H29N6O11PS. The Morgan fingerprint density at radius 1 is 1.23 bits per heavy atom. The minimum Gasteiger partial charge on any atom is -0.464 e. The Morgan fingerprint density at radius 2 is 2.05 bits per heavy atom. The van der Waals surface area contributed by atoms with Crippen LogP contribution in [0.3, 0.4) is 0 Å². The summed E-state index contributed by atoms with van der Waals surface area (Å²) in [6.45, 7) is -4.91. The molecule has 0 spiro atoms. The number of nitrogens with two attached hydrogens (primary N) is 1. The van der Waals surface area contributed by atoms with Gasteiger partial charge in [0.1, 0.15) is 41.9 Å². The maximum absolute atomic E-state index is 12.6. The standard InChI is InChI=1S/C25H29N6O11PS/c1-37-21-20(33)17(41-24(21)31-11-28-19-13(26)4-5-27-22(19)31)10-39-43(36,44)42-15-7-18(40-16(15)9-32)30-8-12(14-3-2-6-38-14)23(34)29-25(30)35/h2-6,8,11,15-18,20-21,24,32-33H,7,9-10H2,1H3,(H2,26,27)(H,36,44)(H,29,34,35)/t15?,16-,17-,18-,20?,21+,24-,43?/m1/s1. The van der Waals surface area contributed by atoms with Crippen molar-refractivity contribution in [3.8, 4) is 11.3 Å². The van der Waals surface area contributed by atoms with Crippen molar-refractivity contribution in [2.45, 2.75) is 49.4 Å². The van der Waals surface area contributed by atoms with Crippen molar-refractivity contribution in [2.24, 2.45) is 0 Å². The van der Waals surface area contributed by atoms with E-state index in [0.29, 0.717) is 16.9 Å². The molecule has 2 saturated heterocycles. The predicted molar refractivity (Wildman–Crippen MR) is 155 cm³/mol. The van der Waals surface area contributed by atoms with Crippen LogP contribution in [0, 0.1) is 0 Å². The number of nitrogen functional groups attached to an aromatic ring is 1.